The van der Waals surface area contributed by atoms with E-state index in [0.717, 1.165) is 48.1 Å². The fourth-order valence-electron chi connectivity index (χ4n) is 4.82. The Morgan fingerprint density at radius 3 is 2.29 bits per heavy atom. The van der Waals surface area contributed by atoms with Gasteiger partial charge in [-0.2, -0.15) is 0 Å². The van der Waals surface area contributed by atoms with Crippen molar-refractivity contribution in [1.29, 1.82) is 0 Å². The molecule has 2 aliphatic carbocycles. The van der Waals surface area contributed by atoms with Gasteiger partial charge in [-0.05, 0) is 75.1 Å². The van der Waals surface area contributed by atoms with E-state index < -0.39 is 5.54 Å². The Bertz CT molecular complexity index is 729. The molecule has 1 aromatic carbocycles. The van der Waals surface area contributed by atoms with Crippen molar-refractivity contribution in [2.24, 2.45) is 22.1 Å². The molecule has 3 rings (SSSR count). The summed E-state index contributed by atoms with van der Waals surface area (Å²) >= 11 is 3.55. The lowest BCUT2D eigenvalue weighted by Crippen LogP contribution is -2.50. The van der Waals surface area contributed by atoms with E-state index in [1.807, 2.05) is 6.07 Å². The molecule has 0 aromatic heterocycles. The van der Waals surface area contributed by atoms with E-state index in [1.165, 1.54) is 5.56 Å². The number of rotatable bonds is 3. The third kappa shape index (κ3) is 4.35. The highest BCUT2D eigenvalue weighted by atomic mass is 79.9. The quantitative estimate of drug-likeness (QED) is 0.494. The predicted octanol–water partition coefficient (Wildman–Crippen LogP) is 5.40. The van der Waals surface area contributed by atoms with E-state index in [4.69, 9.17) is 15.5 Å². The van der Waals surface area contributed by atoms with E-state index in [1.54, 1.807) is 21.0 Å². The largest absolute Gasteiger partial charge is 0.388 e. The number of carbonyl (C=O) groups is 1. The van der Waals surface area contributed by atoms with Crippen LogP contribution in [-0.2, 0) is 21.5 Å². The summed E-state index contributed by atoms with van der Waals surface area (Å²) in [6.45, 7) is 9.93. The van der Waals surface area contributed by atoms with Gasteiger partial charge in [0.15, 0.2) is 11.3 Å². The fraction of sp³-hybridized carbons (Fsp3) is 0.652. The first-order chi connectivity index (χ1) is 13.1. The maximum absolute atomic E-state index is 13.0. The molecule has 2 N–H and O–H groups in total. The van der Waals surface area contributed by atoms with Crippen molar-refractivity contribution < 1.29 is 9.53 Å². The highest BCUT2D eigenvalue weighted by Gasteiger charge is 2.61. The molecule has 0 amide bonds. The van der Waals surface area contributed by atoms with E-state index >= 15 is 0 Å². The predicted molar refractivity (Wildman–Crippen MR) is 120 cm³/mol. The van der Waals surface area contributed by atoms with Gasteiger partial charge in [0.25, 0.3) is 0 Å². The number of halogens is 1. The Balaban J connectivity index is 0.000000640. The summed E-state index contributed by atoms with van der Waals surface area (Å²) in [5.41, 5.74) is 7.16. The van der Waals surface area contributed by atoms with Crippen LogP contribution in [0.4, 0.5) is 0 Å². The van der Waals surface area contributed by atoms with Gasteiger partial charge in [-0.1, -0.05) is 42.8 Å². The molecule has 5 heteroatoms. The number of aliphatic imine (C=N–C) groups is 1. The van der Waals surface area contributed by atoms with Crippen LogP contribution in [0.5, 0.6) is 0 Å². The molecule has 1 unspecified atom stereocenters. The molecule has 1 atom stereocenters. The van der Waals surface area contributed by atoms with Gasteiger partial charge in [0.1, 0.15) is 0 Å². The summed E-state index contributed by atoms with van der Waals surface area (Å²) in [5.74, 6) is 1.38. The van der Waals surface area contributed by atoms with Crippen LogP contribution in [-0.4, -0.2) is 24.8 Å². The van der Waals surface area contributed by atoms with Crippen LogP contribution < -0.4 is 5.73 Å². The summed E-state index contributed by atoms with van der Waals surface area (Å²) < 4.78 is 6.52. The van der Waals surface area contributed by atoms with Crippen molar-refractivity contribution in [3.05, 3.63) is 33.8 Å². The van der Waals surface area contributed by atoms with Gasteiger partial charge in [-0.25, -0.2) is 0 Å². The number of ketones is 1. The molecule has 0 bridgehead atoms. The number of amidine groups is 1. The molecule has 1 spiro atoms. The smallest absolute Gasteiger partial charge is 0.162 e. The van der Waals surface area contributed by atoms with E-state index in [9.17, 15) is 4.79 Å². The topological polar surface area (TPSA) is 64.7 Å². The fourth-order valence-corrected chi connectivity index (χ4v) is 5.18. The number of nitrogens with zero attached hydrogens (tertiary/aromatic N) is 1. The molecule has 0 saturated heterocycles. The zero-order valence-electron chi connectivity index (χ0n) is 18.1. The second kappa shape index (κ2) is 9.08. The summed E-state index contributed by atoms with van der Waals surface area (Å²) in [6, 6.07) is 6.22. The van der Waals surface area contributed by atoms with Crippen molar-refractivity contribution in [2.45, 2.75) is 78.4 Å². The number of ether oxygens (including phenoxy) is 1. The van der Waals surface area contributed by atoms with E-state index in [-0.39, 0.29) is 17.3 Å². The lowest BCUT2D eigenvalue weighted by atomic mass is 9.60. The Morgan fingerprint density at radius 1 is 1.25 bits per heavy atom. The molecule has 28 heavy (non-hydrogen) atoms. The molecule has 4 nitrogen and oxygen atoms in total. The average Bonchev–Trinajstić information content (AvgIpc) is 2.85. The highest BCUT2D eigenvalue weighted by molar-refractivity contribution is 9.10. The van der Waals surface area contributed by atoms with Crippen LogP contribution in [0, 0.1) is 11.3 Å². The minimum atomic E-state index is -0.871. The summed E-state index contributed by atoms with van der Waals surface area (Å²) in [5, 5.41) is 0. The molecule has 0 aliphatic heterocycles. The minimum Gasteiger partial charge on any atom is -0.388 e. The lowest BCUT2D eigenvalue weighted by molar-refractivity contribution is -0.129. The normalized spacial score (nSPS) is 29.4. The van der Waals surface area contributed by atoms with Gasteiger partial charge in [-0.15, -0.1) is 0 Å². The number of fused-ring (bicyclic) bond motifs is 1. The maximum atomic E-state index is 13.0. The molecule has 1 aromatic rings. The van der Waals surface area contributed by atoms with Crippen LogP contribution in [0.25, 0.3) is 0 Å². The molecule has 1 fully saturated rings. The minimum absolute atomic E-state index is 0.0833. The SMILES string of the molecule is CC(C)C.COC1CCC2(CC1)Cc1ccc(Br)cc1C2(N=C(C)N)C(C)=O. The Hall–Kier alpha value is -1.20. The number of Topliss-reactive ketones (excluding diaryl/α,β-unsaturated/α-hetero) is 1. The van der Waals surface area contributed by atoms with Crippen LogP contribution in [0.3, 0.4) is 0 Å². The second-order valence-corrected chi connectivity index (χ2v) is 9.86. The third-order valence-corrected chi connectivity index (χ3v) is 6.33. The van der Waals surface area contributed by atoms with Gasteiger partial charge in [-0.3, -0.25) is 9.79 Å². The van der Waals surface area contributed by atoms with Crippen LogP contribution in [0.1, 0.15) is 71.4 Å². The van der Waals surface area contributed by atoms with Crippen LogP contribution in [0.15, 0.2) is 27.7 Å². The molecule has 0 heterocycles. The average molecular weight is 451 g/mol. The van der Waals surface area contributed by atoms with Gasteiger partial charge in [0.05, 0.1) is 11.9 Å². The first-order valence-electron chi connectivity index (χ1n) is 10.2. The monoisotopic (exact) mass is 450 g/mol. The van der Waals surface area contributed by atoms with Crippen molar-refractivity contribution >= 4 is 27.5 Å². The number of benzene rings is 1. The van der Waals surface area contributed by atoms with Crippen LogP contribution >= 0.6 is 15.9 Å². The molecule has 0 radical (unpaired) electrons. The van der Waals surface area contributed by atoms with Gasteiger partial charge >= 0.3 is 0 Å². The number of methoxy groups -OCH3 is 1. The first-order valence-corrected chi connectivity index (χ1v) is 11.0. The van der Waals surface area contributed by atoms with Crippen molar-refractivity contribution in [2.75, 3.05) is 7.11 Å². The van der Waals surface area contributed by atoms with Gasteiger partial charge in [0.2, 0.25) is 0 Å². The zero-order valence-corrected chi connectivity index (χ0v) is 19.7. The zero-order chi connectivity index (χ0) is 21.1. The van der Waals surface area contributed by atoms with Gasteiger partial charge < -0.3 is 10.5 Å². The first kappa shape index (κ1) is 23.1. The van der Waals surface area contributed by atoms with Gasteiger partial charge in [0, 0.05) is 17.0 Å². The molecule has 2 aliphatic rings. The summed E-state index contributed by atoms with van der Waals surface area (Å²) in [7, 11) is 1.77. The Morgan fingerprint density at radius 2 is 1.82 bits per heavy atom. The molecular weight excluding hydrogens is 416 g/mol. The Kier molecular flexibility index (Phi) is 7.49. The number of nitrogens with two attached hydrogens (primary N) is 1. The maximum Gasteiger partial charge on any atom is 0.162 e. The number of carbonyl (C=O) groups excluding carboxylic acids is 1. The molecular formula is C23H35BrN2O2. The third-order valence-electron chi connectivity index (χ3n) is 5.83. The highest BCUT2D eigenvalue weighted by Crippen LogP contribution is 2.60. The number of hydrogen-bond acceptors (Lipinski definition) is 3. The van der Waals surface area contributed by atoms with Crippen molar-refractivity contribution in [1.82, 2.24) is 0 Å². The lowest BCUT2D eigenvalue weighted by Gasteiger charge is -2.46. The van der Waals surface area contributed by atoms with E-state index in [2.05, 4.69) is 48.8 Å². The second-order valence-electron chi connectivity index (χ2n) is 8.95. The standard InChI is InChI=1S/C19H25BrN2O2.C4H10/c1-12(23)19(22-13(2)21)17-10-15(20)5-4-14(17)11-18(19)8-6-16(24-3)7-9-18;1-4(2)3/h4-5,10,16H,6-9,11H2,1-3H3,(H2,21,22);4H,1-3H3. The Labute approximate surface area is 178 Å². The van der Waals surface area contributed by atoms with Crippen LogP contribution in [0.2, 0.25) is 0 Å². The van der Waals surface area contributed by atoms with E-state index in [0.29, 0.717) is 5.84 Å². The molecule has 1 saturated carbocycles. The van der Waals surface area contributed by atoms with Crippen molar-refractivity contribution in [3.8, 4) is 0 Å². The molecule has 156 valence electrons. The summed E-state index contributed by atoms with van der Waals surface area (Å²) in [4.78, 5) is 17.8. The number of hydrogen-bond donors (Lipinski definition) is 1. The summed E-state index contributed by atoms with van der Waals surface area (Å²) in [6.07, 6.45) is 4.92. The van der Waals surface area contributed by atoms with Crippen molar-refractivity contribution in [3.63, 3.8) is 0 Å².